The molecule has 0 aromatic heterocycles. The van der Waals surface area contributed by atoms with E-state index in [1.807, 2.05) is 0 Å². The second kappa shape index (κ2) is 6.30. The van der Waals surface area contributed by atoms with Crippen LogP contribution in [0.1, 0.15) is 42.5 Å². The van der Waals surface area contributed by atoms with Crippen LogP contribution < -0.4 is 11.1 Å². The first-order valence-corrected chi connectivity index (χ1v) is 7.15. The number of benzene rings is 1. The van der Waals surface area contributed by atoms with E-state index in [9.17, 15) is 19.4 Å². The second-order valence-corrected chi connectivity index (χ2v) is 5.76. The second-order valence-electron chi connectivity index (χ2n) is 5.76. The highest BCUT2D eigenvalue weighted by Gasteiger charge is 2.31. The number of aliphatic hydroxyl groups is 1. The third-order valence-electron chi connectivity index (χ3n) is 4.31. The lowest BCUT2D eigenvalue weighted by Crippen LogP contribution is -2.36. The zero-order chi connectivity index (χ0) is 15.5. The van der Waals surface area contributed by atoms with E-state index < -0.39 is 11.8 Å². The summed E-state index contributed by atoms with van der Waals surface area (Å²) in [5.41, 5.74) is 4.95. The summed E-state index contributed by atoms with van der Waals surface area (Å²) in [4.78, 5) is 11.3. The number of hydrogen-bond acceptors (Lipinski definition) is 4. The molecule has 116 valence electrons. The van der Waals surface area contributed by atoms with E-state index in [-0.39, 0.29) is 23.3 Å². The van der Waals surface area contributed by atoms with Crippen molar-refractivity contribution < 1.29 is 19.4 Å². The van der Waals surface area contributed by atoms with E-state index in [1.54, 1.807) is 0 Å². The lowest BCUT2D eigenvalue weighted by atomic mass is 9.74. The van der Waals surface area contributed by atoms with Crippen LogP contribution in [-0.2, 0) is 0 Å². The van der Waals surface area contributed by atoms with Gasteiger partial charge in [-0.15, -0.1) is 0 Å². The van der Waals surface area contributed by atoms with Gasteiger partial charge >= 0.3 is 5.97 Å². The average Bonchev–Trinajstić information content (AvgIpc) is 2.49. The third-order valence-corrected chi connectivity index (χ3v) is 4.31. The van der Waals surface area contributed by atoms with Gasteiger partial charge in [0.25, 0.3) is 0 Å². The van der Waals surface area contributed by atoms with Gasteiger partial charge in [-0.2, -0.15) is 0 Å². The molecule has 0 bridgehead atoms. The molecule has 0 aliphatic heterocycles. The molecule has 1 fully saturated rings. The van der Waals surface area contributed by atoms with Gasteiger partial charge in [0.05, 0.1) is 18.0 Å². The number of aromatic carboxylic acids is 1. The summed E-state index contributed by atoms with van der Waals surface area (Å²) >= 11 is 0. The summed E-state index contributed by atoms with van der Waals surface area (Å²) in [7, 11) is 0. The van der Waals surface area contributed by atoms with Crippen molar-refractivity contribution in [2.75, 3.05) is 24.2 Å². The van der Waals surface area contributed by atoms with Crippen LogP contribution in [0.2, 0.25) is 0 Å². The van der Waals surface area contributed by atoms with Crippen molar-refractivity contribution >= 4 is 17.3 Å². The highest BCUT2D eigenvalue weighted by Crippen LogP contribution is 2.36. The van der Waals surface area contributed by atoms with Gasteiger partial charge in [-0.25, -0.2) is 9.18 Å². The van der Waals surface area contributed by atoms with E-state index in [0.717, 1.165) is 38.2 Å². The first-order valence-electron chi connectivity index (χ1n) is 7.15. The number of anilines is 2. The average molecular weight is 296 g/mol. The smallest absolute Gasteiger partial charge is 0.340 e. The van der Waals surface area contributed by atoms with Crippen LogP contribution >= 0.6 is 0 Å². The quantitative estimate of drug-likeness (QED) is 0.626. The van der Waals surface area contributed by atoms with Crippen molar-refractivity contribution in [2.24, 2.45) is 5.41 Å². The Kier molecular flexibility index (Phi) is 4.67. The van der Waals surface area contributed by atoms with Crippen molar-refractivity contribution in [1.82, 2.24) is 0 Å². The predicted molar refractivity (Wildman–Crippen MR) is 78.9 cm³/mol. The van der Waals surface area contributed by atoms with Crippen LogP contribution in [0.25, 0.3) is 0 Å². The summed E-state index contributed by atoms with van der Waals surface area (Å²) < 4.78 is 13.4. The Labute approximate surface area is 123 Å². The van der Waals surface area contributed by atoms with Gasteiger partial charge in [-0.1, -0.05) is 19.3 Å². The zero-order valence-corrected chi connectivity index (χ0v) is 11.9. The SMILES string of the molecule is Nc1c(F)ccc(NCC2(CO)CCCCC2)c1C(=O)O. The molecule has 0 atom stereocenters. The third kappa shape index (κ3) is 3.26. The molecular formula is C15H21FN2O3. The number of carboxylic acid groups (broad SMARTS) is 1. The Morgan fingerprint density at radius 1 is 1.33 bits per heavy atom. The van der Waals surface area contributed by atoms with E-state index in [4.69, 9.17) is 5.73 Å². The molecule has 0 spiro atoms. The van der Waals surface area contributed by atoms with Gasteiger partial charge < -0.3 is 21.3 Å². The molecule has 0 radical (unpaired) electrons. The van der Waals surface area contributed by atoms with Crippen molar-refractivity contribution in [3.63, 3.8) is 0 Å². The van der Waals surface area contributed by atoms with Crippen molar-refractivity contribution in [3.05, 3.63) is 23.5 Å². The van der Waals surface area contributed by atoms with E-state index in [0.29, 0.717) is 12.2 Å². The lowest BCUT2D eigenvalue weighted by molar-refractivity contribution is 0.0698. The number of nitrogens with two attached hydrogens (primary N) is 1. The Morgan fingerprint density at radius 2 is 2.00 bits per heavy atom. The predicted octanol–water partition coefficient (Wildman–Crippen LogP) is 2.46. The number of nitrogen functional groups attached to an aromatic ring is 1. The van der Waals surface area contributed by atoms with Crippen LogP contribution in [-0.4, -0.2) is 29.3 Å². The molecule has 1 saturated carbocycles. The number of aliphatic hydroxyl groups excluding tert-OH is 1. The molecule has 1 aromatic carbocycles. The maximum absolute atomic E-state index is 13.4. The van der Waals surface area contributed by atoms with Gasteiger partial charge in [0, 0.05) is 12.0 Å². The summed E-state index contributed by atoms with van der Waals surface area (Å²) in [6.45, 7) is 0.508. The molecule has 21 heavy (non-hydrogen) atoms. The minimum atomic E-state index is -1.27. The topological polar surface area (TPSA) is 95.6 Å². The molecule has 0 unspecified atom stereocenters. The standard InChI is InChI=1S/C15H21FN2O3/c16-10-4-5-11(12(13(10)17)14(20)21)18-8-15(9-19)6-2-1-3-7-15/h4-5,18-19H,1-3,6-9,17H2,(H,20,21). The summed E-state index contributed by atoms with van der Waals surface area (Å²) in [5.74, 6) is -2.01. The van der Waals surface area contributed by atoms with Crippen molar-refractivity contribution in [3.8, 4) is 0 Å². The number of hydrogen-bond donors (Lipinski definition) is 4. The van der Waals surface area contributed by atoms with Gasteiger partial charge in [0.15, 0.2) is 0 Å². The van der Waals surface area contributed by atoms with E-state index in [2.05, 4.69) is 5.32 Å². The number of carbonyl (C=O) groups is 1. The van der Waals surface area contributed by atoms with Crippen LogP contribution in [0.4, 0.5) is 15.8 Å². The molecule has 2 rings (SSSR count). The Bertz CT molecular complexity index is 528. The molecule has 5 N–H and O–H groups in total. The van der Waals surface area contributed by atoms with Gasteiger partial charge in [-0.3, -0.25) is 0 Å². The number of halogens is 1. The molecule has 1 aromatic rings. The van der Waals surface area contributed by atoms with Crippen molar-refractivity contribution in [1.29, 1.82) is 0 Å². The van der Waals surface area contributed by atoms with Crippen LogP contribution in [0.15, 0.2) is 12.1 Å². The van der Waals surface area contributed by atoms with Crippen LogP contribution in [0, 0.1) is 11.2 Å². The minimum Gasteiger partial charge on any atom is -0.478 e. The van der Waals surface area contributed by atoms with Gasteiger partial charge in [0.2, 0.25) is 0 Å². The maximum Gasteiger partial charge on any atom is 0.340 e. The Morgan fingerprint density at radius 3 is 2.57 bits per heavy atom. The number of carboxylic acids is 1. The normalized spacial score (nSPS) is 17.4. The Balaban J connectivity index is 2.19. The van der Waals surface area contributed by atoms with E-state index in [1.165, 1.54) is 6.07 Å². The highest BCUT2D eigenvalue weighted by molar-refractivity contribution is 6.00. The van der Waals surface area contributed by atoms with Crippen molar-refractivity contribution in [2.45, 2.75) is 32.1 Å². The molecule has 1 aliphatic rings. The lowest BCUT2D eigenvalue weighted by Gasteiger charge is -2.36. The number of rotatable bonds is 5. The fourth-order valence-corrected chi connectivity index (χ4v) is 2.95. The molecule has 0 heterocycles. The molecule has 5 nitrogen and oxygen atoms in total. The fourth-order valence-electron chi connectivity index (χ4n) is 2.95. The van der Waals surface area contributed by atoms with Crippen LogP contribution in [0.5, 0.6) is 0 Å². The summed E-state index contributed by atoms with van der Waals surface area (Å²) in [6.07, 6.45) is 5.07. The Hall–Kier alpha value is -1.82. The molecule has 6 heteroatoms. The van der Waals surface area contributed by atoms with Gasteiger partial charge in [0.1, 0.15) is 11.4 Å². The molecule has 0 saturated heterocycles. The molecule has 1 aliphatic carbocycles. The van der Waals surface area contributed by atoms with Crippen LogP contribution in [0.3, 0.4) is 0 Å². The van der Waals surface area contributed by atoms with E-state index >= 15 is 0 Å². The highest BCUT2D eigenvalue weighted by atomic mass is 19.1. The largest absolute Gasteiger partial charge is 0.478 e. The number of nitrogens with one attached hydrogen (secondary N) is 1. The fraction of sp³-hybridized carbons (Fsp3) is 0.533. The molecule has 0 amide bonds. The monoisotopic (exact) mass is 296 g/mol. The minimum absolute atomic E-state index is 0.0546. The summed E-state index contributed by atoms with van der Waals surface area (Å²) in [5, 5.41) is 21.9. The zero-order valence-electron chi connectivity index (χ0n) is 11.9. The first kappa shape index (κ1) is 15.6. The summed E-state index contributed by atoms with van der Waals surface area (Å²) in [6, 6.07) is 2.53. The molecular weight excluding hydrogens is 275 g/mol. The van der Waals surface area contributed by atoms with Gasteiger partial charge in [-0.05, 0) is 25.0 Å². The first-order chi connectivity index (χ1) is 9.99. The maximum atomic E-state index is 13.4.